The van der Waals surface area contributed by atoms with Gasteiger partial charge in [-0.25, -0.2) is 0 Å². The summed E-state index contributed by atoms with van der Waals surface area (Å²) in [6.07, 6.45) is 4.46. The molecule has 14 heavy (non-hydrogen) atoms. The lowest BCUT2D eigenvalue weighted by Gasteiger charge is -2.09. The fourth-order valence-electron chi connectivity index (χ4n) is 2.06. The van der Waals surface area contributed by atoms with Crippen LogP contribution >= 0.6 is 0 Å². The molecule has 0 atom stereocenters. The van der Waals surface area contributed by atoms with Gasteiger partial charge in [0.05, 0.1) is 0 Å². The maximum absolute atomic E-state index is 11.5. The van der Waals surface area contributed by atoms with E-state index in [9.17, 15) is 9.59 Å². The summed E-state index contributed by atoms with van der Waals surface area (Å²) in [5, 5.41) is 0. The quantitative estimate of drug-likeness (QED) is 0.666. The Labute approximate surface area is 82.4 Å². The molecule has 0 spiro atoms. The highest BCUT2D eigenvalue weighted by atomic mass is 16.1. The monoisotopic (exact) mass is 191 g/mol. The lowest BCUT2D eigenvalue weighted by atomic mass is 10.2. The largest absolute Gasteiger partial charge is 0.312 e. The molecule has 0 amide bonds. The van der Waals surface area contributed by atoms with Crippen LogP contribution in [0.5, 0.6) is 0 Å². The molecule has 0 fully saturated rings. The highest BCUT2D eigenvalue weighted by Gasteiger charge is 2.14. The molecule has 0 saturated heterocycles. The van der Waals surface area contributed by atoms with Gasteiger partial charge in [0.15, 0.2) is 0 Å². The standard InChI is InChI=1S/C11H13NO2/c13-8-2-7-12-10-4-1-3-9(10)5-6-11(12)14/h5-6,8H,1-4,7H2. The van der Waals surface area contributed by atoms with Crippen molar-refractivity contribution >= 4 is 6.29 Å². The molecule has 1 heterocycles. The Kier molecular flexibility index (Phi) is 2.48. The first kappa shape index (κ1) is 9.19. The van der Waals surface area contributed by atoms with Crippen LogP contribution in [-0.4, -0.2) is 10.9 Å². The zero-order valence-corrected chi connectivity index (χ0v) is 8.03. The minimum atomic E-state index is 0.0208. The molecule has 0 bridgehead atoms. The average molecular weight is 191 g/mol. The fourth-order valence-corrected chi connectivity index (χ4v) is 2.06. The molecule has 0 aromatic carbocycles. The van der Waals surface area contributed by atoms with Gasteiger partial charge in [0.2, 0.25) is 0 Å². The first-order valence-electron chi connectivity index (χ1n) is 4.98. The van der Waals surface area contributed by atoms with Gasteiger partial charge in [-0.15, -0.1) is 0 Å². The maximum Gasteiger partial charge on any atom is 0.250 e. The van der Waals surface area contributed by atoms with Gasteiger partial charge in [0.25, 0.3) is 5.56 Å². The summed E-state index contributed by atoms with van der Waals surface area (Å²) in [7, 11) is 0. The van der Waals surface area contributed by atoms with E-state index in [1.54, 1.807) is 10.6 Å². The van der Waals surface area contributed by atoms with Crippen molar-refractivity contribution in [2.75, 3.05) is 0 Å². The van der Waals surface area contributed by atoms with Crippen LogP contribution in [0.25, 0.3) is 0 Å². The summed E-state index contributed by atoms with van der Waals surface area (Å²) in [6.45, 7) is 0.533. The number of carbonyl (C=O) groups is 1. The van der Waals surface area contributed by atoms with Gasteiger partial charge in [-0.3, -0.25) is 4.79 Å². The van der Waals surface area contributed by atoms with Gasteiger partial charge in [0.1, 0.15) is 6.29 Å². The van der Waals surface area contributed by atoms with E-state index in [1.807, 2.05) is 6.07 Å². The second kappa shape index (κ2) is 3.78. The summed E-state index contributed by atoms with van der Waals surface area (Å²) in [4.78, 5) is 21.8. The van der Waals surface area contributed by atoms with E-state index in [2.05, 4.69) is 0 Å². The molecule has 0 aliphatic heterocycles. The predicted molar refractivity (Wildman–Crippen MR) is 53.4 cm³/mol. The van der Waals surface area contributed by atoms with Crippen molar-refractivity contribution < 1.29 is 4.79 Å². The average Bonchev–Trinajstić information content (AvgIpc) is 2.64. The molecule has 3 heteroatoms. The first-order chi connectivity index (χ1) is 6.83. The number of aldehydes is 1. The minimum Gasteiger partial charge on any atom is -0.312 e. The third-order valence-electron chi connectivity index (χ3n) is 2.72. The molecule has 1 aliphatic carbocycles. The molecule has 0 N–H and O–H groups in total. The Morgan fingerprint density at radius 1 is 1.36 bits per heavy atom. The van der Waals surface area contributed by atoms with Crippen LogP contribution in [0.15, 0.2) is 16.9 Å². The minimum absolute atomic E-state index is 0.0208. The van der Waals surface area contributed by atoms with Crippen LogP contribution in [0.4, 0.5) is 0 Å². The second-order valence-electron chi connectivity index (χ2n) is 3.60. The predicted octanol–water partition coefficient (Wildman–Crippen LogP) is 0.926. The Hall–Kier alpha value is -1.38. The van der Waals surface area contributed by atoms with Crippen molar-refractivity contribution in [3.8, 4) is 0 Å². The third kappa shape index (κ3) is 1.50. The van der Waals surface area contributed by atoms with Crippen molar-refractivity contribution in [2.45, 2.75) is 32.2 Å². The van der Waals surface area contributed by atoms with Crippen molar-refractivity contribution in [2.24, 2.45) is 0 Å². The SMILES string of the molecule is O=CCCn1c2c(ccc1=O)CCC2. The molecule has 2 rings (SSSR count). The Morgan fingerprint density at radius 2 is 2.21 bits per heavy atom. The zero-order valence-electron chi connectivity index (χ0n) is 8.03. The summed E-state index contributed by atoms with van der Waals surface area (Å²) >= 11 is 0. The van der Waals surface area contributed by atoms with E-state index in [0.717, 1.165) is 31.2 Å². The highest BCUT2D eigenvalue weighted by Crippen LogP contribution is 2.19. The molecule has 1 aromatic rings. The van der Waals surface area contributed by atoms with E-state index in [0.29, 0.717) is 13.0 Å². The smallest absolute Gasteiger partial charge is 0.250 e. The van der Waals surface area contributed by atoms with Gasteiger partial charge in [-0.05, 0) is 24.8 Å². The number of aromatic nitrogens is 1. The van der Waals surface area contributed by atoms with Crippen molar-refractivity contribution in [3.05, 3.63) is 33.7 Å². The Bertz CT molecular complexity index is 406. The molecule has 0 saturated carbocycles. The Morgan fingerprint density at radius 3 is 3.00 bits per heavy atom. The molecular weight excluding hydrogens is 178 g/mol. The van der Waals surface area contributed by atoms with E-state index in [-0.39, 0.29) is 5.56 Å². The molecule has 3 nitrogen and oxygen atoms in total. The van der Waals surface area contributed by atoms with Crippen molar-refractivity contribution in [3.63, 3.8) is 0 Å². The van der Waals surface area contributed by atoms with Crippen LogP contribution < -0.4 is 5.56 Å². The highest BCUT2D eigenvalue weighted by molar-refractivity contribution is 5.49. The van der Waals surface area contributed by atoms with E-state index >= 15 is 0 Å². The normalized spacial score (nSPS) is 14.0. The van der Waals surface area contributed by atoms with Gasteiger partial charge < -0.3 is 9.36 Å². The molecule has 0 radical (unpaired) electrons. The van der Waals surface area contributed by atoms with Gasteiger partial charge >= 0.3 is 0 Å². The summed E-state index contributed by atoms with van der Waals surface area (Å²) in [6, 6.07) is 3.52. The fraction of sp³-hybridized carbons (Fsp3) is 0.455. The number of carbonyl (C=O) groups excluding carboxylic acids is 1. The topological polar surface area (TPSA) is 39.1 Å². The van der Waals surface area contributed by atoms with Gasteiger partial charge in [0, 0.05) is 24.7 Å². The van der Waals surface area contributed by atoms with Gasteiger partial charge in [-0.1, -0.05) is 6.07 Å². The zero-order chi connectivity index (χ0) is 9.97. The number of rotatable bonds is 3. The van der Waals surface area contributed by atoms with Crippen LogP contribution in [-0.2, 0) is 24.2 Å². The second-order valence-corrected chi connectivity index (χ2v) is 3.60. The van der Waals surface area contributed by atoms with E-state index < -0.39 is 0 Å². The Balaban J connectivity index is 2.41. The number of fused-ring (bicyclic) bond motifs is 1. The van der Waals surface area contributed by atoms with Crippen LogP contribution in [0.3, 0.4) is 0 Å². The molecule has 1 aromatic heterocycles. The number of nitrogens with zero attached hydrogens (tertiary/aromatic N) is 1. The summed E-state index contributed by atoms with van der Waals surface area (Å²) in [5.74, 6) is 0. The molecule has 0 unspecified atom stereocenters. The van der Waals surface area contributed by atoms with E-state index in [4.69, 9.17) is 0 Å². The molecular formula is C11H13NO2. The third-order valence-corrected chi connectivity index (χ3v) is 2.72. The number of hydrogen-bond acceptors (Lipinski definition) is 2. The summed E-state index contributed by atoms with van der Waals surface area (Å²) < 4.78 is 1.75. The molecule has 1 aliphatic rings. The maximum atomic E-state index is 11.5. The summed E-state index contributed by atoms with van der Waals surface area (Å²) in [5.41, 5.74) is 2.43. The number of pyridine rings is 1. The van der Waals surface area contributed by atoms with Crippen molar-refractivity contribution in [1.29, 1.82) is 0 Å². The number of hydrogen-bond donors (Lipinski definition) is 0. The lowest BCUT2D eigenvalue weighted by molar-refractivity contribution is -0.108. The van der Waals surface area contributed by atoms with Gasteiger partial charge in [-0.2, -0.15) is 0 Å². The van der Waals surface area contributed by atoms with Crippen molar-refractivity contribution in [1.82, 2.24) is 4.57 Å². The molecule has 74 valence electrons. The number of aryl methyl sites for hydroxylation is 1. The lowest BCUT2D eigenvalue weighted by Crippen LogP contribution is -2.22. The van der Waals surface area contributed by atoms with E-state index in [1.165, 1.54) is 5.56 Å². The van der Waals surface area contributed by atoms with Crippen LogP contribution in [0, 0.1) is 0 Å². The van der Waals surface area contributed by atoms with Crippen LogP contribution in [0.2, 0.25) is 0 Å². The van der Waals surface area contributed by atoms with Crippen LogP contribution in [0.1, 0.15) is 24.1 Å². The first-order valence-corrected chi connectivity index (χ1v) is 4.98.